The van der Waals surface area contributed by atoms with Crippen LogP contribution in [0, 0.1) is 5.92 Å². The molecule has 0 fully saturated rings. The fourth-order valence-electron chi connectivity index (χ4n) is 4.96. The molecule has 0 spiro atoms. The number of furan rings is 1. The van der Waals surface area contributed by atoms with Gasteiger partial charge in [-0.1, -0.05) is 85.0 Å². The number of aliphatic hydroxyl groups is 1. The monoisotopic (exact) mass is 437 g/mol. The summed E-state index contributed by atoms with van der Waals surface area (Å²) < 4.78 is 5.75. The van der Waals surface area contributed by atoms with E-state index in [2.05, 4.69) is 59.6 Å². The molecule has 3 nitrogen and oxygen atoms in total. The summed E-state index contributed by atoms with van der Waals surface area (Å²) in [5, 5.41) is 12.4. The molecule has 1 aliphatic heterocycles. The second-order valence-corrected chi connectivity index (χ2v) is 8.91. The van der Waals surface area contributed by atoms with Gasteiger partial charge in [0.1, 0.15) is 5.58 Å². The molecule has 2 atom stereocenters. The van der Waals surface area contributed by atoms with Crippen molar-refractivity contribution in [2.75, 3.05) is 19.6 Å². The lowest BCUT2D eigenvalue weighted by molar-refractivity contribution is 0.114. The lowest BCUT2D eigenvalue weighted by Gasteiger charge is -2.30. The fraction of sp³-hybridized carbons (Fsp3) is 0.267. The third kappa shape index (κ3) is 4.95. The van der Waals surface area contributed by atoms with E-state index in [4.69, 9.17) is 4.42 Å². The van der Waals surface area contributed by atoms with Gasteiger partial charge in [-0.05, 0) is 48.6 Å². The first-order chi connectivity index (χ1) is 16.3. The van der Waals surface area contributed by atoms with E-state index in [0.29, 0.717) is 0 Å². The van der Waals surface area contributed by atoms with Gasteiger partial charge in [-0.2, -0.15) is 0 Å². The molecule has 5 rings (SSSR count). The van der Waals surface area contributed by atoms with Gasteiger partial charge in [0.05, 0.1) is 12.4 Å². The zero-order chi connectivity index (χ0) is 22.5. The molecule has 1 N–H and O–H groups in total. The minimum Gasteiger partial charge on any atom is -0.464 e. The Bertz CT molecular complexity index is 1200. The molecule has 0 saturated carbocycles. The quantitative estimate of drug-likeness (QED) is 0.447. The van der Waals surface area contributed by atoms with Crippen LogP contribution >= 0.6 is 0 Å². The zero-order valence-corrected chi connectivity index (χ0v) is 18.9. The molecular formula is C30H31NO2. The van der Waals surface area contributed by atoms with E-state index in [-0.39, 0.29) is 5.92 Å². The molecule has 0 radical (unpaired) electrons. The highest BCUT2D eigenvalue weighted by atomic mass is 16.3. The third-order valence-corrected chi connectivity index (χ3v) is 6.83. The first kappa shape index (κ1) is 21.7. The van der Waals surface area contributed by atoms with E-state index in [1.807, 2.05) is 36.4 Å². The van der Waals surface area contributed by atoms with Crippen LogP contribution in [-0.4, -0.2) is 29.6 Å². The largest absolute Gasteiger partial charge is 0.464 e. The van der Waals surface area contributed by atoms with Crippen molar-refractivity contribution >= 4 is 16.5 Å². The average molecular weight is 438 g/mol. The van der Waals surface area contributed by atoms with E-state index >= 15 is 0 Å². The molecule has 2 aliphatic rings. The predicted molar refractivity (Wildman–Crippen MR) is 136 cm³/mol. The van der Waals surface area contributed by atoms with Crippen molar-refractivity contribution in [3.8, 4) is 0 Å². The molecule has 168 valence electrons. The highest BCUT2D eigenvalue weighted by Crippen LogP contribution is 2.34. The van der Waals surface area contributed by atoms with Gasteiger partial charge in [-0.3, -0.25) is 4.90 Å². The minimum atomic E-state index is -0.513. The van der Waals surface area contributed by atoms with Crippen LogP contribution in [0.25, 0.3) is 16.5 Å². The van der Waals surface area contributed by atoms with Gasteiger partial charge in [0.25, 0.3) is 0 Å². The number of allylic oxidation sites excluding steroid dienone is 5. The van der Waals surface area contributed by atoms with Gasteiger partial charge in [0.15, 0.2) is 0 Å². The first-order valence-electron chi connectivity index (χ1n) is 11.9. The van der Waals surface area contributed by atoms with Crippen molar-refractivity contribution in [3.05, 3.63) is 114 Å². The minimum absolute atomic E-state index is 0.0636. The standard InChI is InChI=1S/C30H31NO2/c32-29(25-11-6-3-7-12-25)27(23-9-4-1-2-5-10-23)17-21-31-19-15-24(16-20-31)28-14-8-13-26-18-22-33-30(26)28/h1,3-15,18,22,27,29,32H,2,16-17,19-21H2. The van der Waals surface area contributed by atoms with Crippen molar-refractivity contribution in [2.24, 2.45) is 5.92 Å². The summed E-state index contributed by atoms with van der Waals surface area (Å²) in [7, 11) is 0. The van der Waals surface area contributed by atoms with Crippen LogP contribution in [0.3, 0.4) is 0 Å². The van der Waals surface area contributed by atoms with Crippen LogP contribution in [0.1, 0.15) is 36.5 Å². The number of para-hydroxylation sites is 1. The van der Waals surface area contributed by atoms with Crippen LogP contribution in [0.15, 0.2) is 107 Å². The number of hydrogen-bond donors (Lipinski definition) is 1. The van der Waals surface area contributed by atoms with Crippen molar-refractivity contribution in [3.63, 3.8) is 0 Å². The first-order valence-corrected chi connectivity index (χ1v) is 11.9. The van der Waals surface area contributed by atoms with E-state index in [1.54, 1.807) is 6.26 Å². The second-order valence-electron chi connectivity index (χ2n) is 8.91. The molecule has 2 unspecified atom stereocenters. The predicted octanol–water partition coefficient (Wildman–Crippen LogP) is 6.70. The second kappa shape index (κ2) is 10.2. The normalized spacial score (nSPS) is 18.6. The molecule has 0 bridgehead atoms. The van der Waals surface area contributed by atoms with Crippen molar-refractivity contribution in [2.45, 2.75) is 25.4 Å². The van der Waals surface area contributed by atoms with Crippen LogP contribution in [0.2, 0.25) is 0 Å². The van der Waals surface area contributed by atoms with Gasteiger partial charge in [0, 0.05) is 30.0 Å². The Hall–Kier alpha value is -3.14. The molecule has 0 amide bonds. The number of benzene rings is 2. The summed E-state index contributed by atoms with van der Waals surface area (Å²) in [5.41, 5.74) is 5.76. The van der Waals surface area contributed by atoms with Crippen LogP contribution < -0.4 is 0 Å². The van der Waals surface area contributed by atoms with Crippen molar-refractivity contribution in [1.29, 1.82) is 0 Å². The van der Waals surface area contributed by atoms with Gasteiger partial charge < -0.3 is 9.52 Å². The summed E-state index contributed by atoms with van der Waals surface area (Å²) >= 11 is 0. The highest BCUT2D eigenvalue weighted by molar-refractivity contribution is 5.89. The van der Waals surface area contributed by atoms with E-state index in [0.717, 1.165) is 55.4 Å². The molecule has 33 heavy (non-hydrogen) atoms. The SMILES string of the molecule is OC(c1ccccc1)C(CCN1CC=C(c2cccc3ccoc23)CC1)C1=CC=CCC=C1. The lowest BCUT2D eigenvalue weighted by atomic mass is 9.85. The summed E-state index contributed by atoms with van der Waals surface area (Å²) in [6.45, 7) is 2.90. The van der Waals surface area contributed by atoms with Crippen LogP contribution in [0.5, 0.6) is 0 Å². The maximum atomic E-state index is 11.3. The Balaban J connectivity index is 1.29. The number of nitrogens with zero attached hydrogens (tertiary/aromatic N) is 1. The molecule has 2 aromatic carbocycles. The molecule has 0 saturated heterocycles. The molecular weight excluding hydrogens is 406 g/mol. The Morgan fingerprint density at radius 3 is 2.76 bits per heavy atom. The molecule has 1 aliphatic carbocycles. The summed E-state index contributed by atoms with van der Waals surface area (Å²) in [5.74, 6) is 0.0636. The Morgan fingerprint density at radius 1 is 1.00 bits per heavy atom. The molecule has 3 heteroatoms. The summed E-state index contributed by atoms with van der Waals surface area (Å²) in [4.78, 5) is 2.49. The summed E-state index contributed by atoms with van der Waals surface area (Å²) in [6.07, 6.45) is 17.3. The third-order valence-electron chi connectivity index (χ3n) is 6.83. The molecule has 3 aromatic rings. The number of aliphatic hydroxyl groups excluding tert-OH is 1. The van der Waals surface area contributed by atoms with Crippen molar-refractivity contribution < 1.29 is 9.52 Å². The van der Waals surface area contributed by atoms with Crippen LogP contribution in [-0.2, 0) is 0 Å². The maximum Gasteiger partial charge on any atom is 0.141 e. The van der Waals surface area contributed by atoms with E-state index < -0.39 is 6.10 Å². The van der Waals surface area contributed by atoms with Gasteiger partial charge in [-0.15, -0.1) is 0 Å². The smallest absolute Gasteiger partial charge is 0.141 e. The fourth-order valence-corrected chi connectivity index (χ4v) is 4.96. The highest BCUT2D eigenvalue weighted by Gasteiger charge is 2.25. The van der Waals surface area contributed by atoms with E-state index in [1.165, 1.54) is 16.7 Å². The Morgan fingerprint density at radius 2 is 1.91 bits per heavy atom. The Labute approximate surface area is 196 Å². The molecule has 1 aromatic heterocycles. The van der Waals surface area contributed by atoms with E-state index in [9.17, 15) is 5.11 Å². The summed E-state index contributed by atoms with van der Waals surface area (Å²) in [6, 6.07) is 18.5. The topological polar surface area (TPSA) is 36.6 Å². The lowest BCUT2D eigenvalue weighted by Crippen LogP contribution is -2.31. The number of rotatable bonds is 7. The zero-order valence-electron chi connectivity index (χ0n) is 18.9. The maximum absolute atomic E-state index is 11.3. The van der Waals surface area contributed by atoms with Crippen LogP contribution in [0.4, 0.5) is 0 Å². The number of fused-ring (bicyclic) bond motifs is 1. The molecule has 2 heterocycles. The van der Waals surface area contributed by atoms with Crippen molar-refractivity contribution in [1.82, 2.24) is 4.90 Å². The van der Waals surface area contributed by atoms with Gasteiger partial charge >= 0.3 is 0 Å². The van der Waals surface area contributed by atoms with Gasteiger partial charge in [-0.25, -0.2) is 0 Å². The average Bonchev–Trinajstić information content (AvgIpc) is 3.20. The Kier molecular flexibility index (Phi) is 6.71. The van der Waals surface area contributed by atoms with Gasteiger partial charge in [0.2, 0.25) is 0 Å². The number of hydrogen-bond acceptors (Lipinski definition) is 3.